The molecule has 1 saturated heterocycles. The van der Waals surface area contributed by atoms with Crippen molar-refractivity contribution in [2.24, 2.45) is 0 Å². The van der Waals surface area contributed by atoms with Gasteiger partial charge in [0.25, 0.3) is 0 Å². The van der Waals surface area contributed by atoms with E-state index in [-0.39, 0.29) is 18.1 Å². The predicted molar refractivity (Wildman–Crippen MR) is 97.6 cm³/mol. The van der Waals surface area contributed by atoms with Gasteiger partial charge in [0, 0.05) is 29.9 Å². The van der Waals surface area contributed by atoms with Gasteiger partial charge in [-0.15, -0.1) is 0 Å². The minimum absolute atomic E-state index is 0.0608. The Kier molecular flexibility index (Phi) is 5.11. The number of carbonyl (C=O) groups is 1. The second-order valence-electron chi connectivity index (χ2n) is 7.09. The largest absolute Gasteiger partial charge is 0.323 e. The molecule has 0 aliphatic carbocycles. The predicted octanol–water partition coefficient (Wildman–Crippen LogP) is 3.95. The monoisotopic (exact) mass is 344 g/mol. The van der Waals surface area contributed by atoms with Crippen molar-refractivity contribution >= 4 is 11.8 Å². The van der Waals surface area contributed by atoms with Gasteiger partial charge in [-0.1, -0.05) is 12.8 Å². The van der Waals surface area contributed by atoms with Gasteiger partial charge < -0.3 is 4.90 Å². The van der Waals surface area contributed by atoms with Crippen LogP contribution in [0.2, 0.25) is 0 Å². The van der Waals surface area contributed by atoms with Gasteiger partial charge in [0.05, 0.1) is 17.9 Å². The molecule has 2 N–H and O–H groups in total. The van der Waals surface area contributed by atoms with Crippen LogP contribution in [0.1, 0.15) is 68.6 Å². The van der Waals surface area contributed by atoms with Gasteiger partial charge in [0.1, 0.15) is 5.82 Å². The molecule has 2 aromatic rings. The summed E-state index contributed by atoms with van der Waals surface area (Å²) in [6.07, 6.45) is 6.00. The van der Waals surface area contributed by atoms with E-state index in [1.165, 1.54) is 0 Å². The van der Waals surface area contributed by atoms with Crippen molar-refractivity contribution in [3.05, 3.63) is 29.2 Å². The van der Waals surface area contributed by atoms with Crippen LogP contribution in [-0.2, 0) is 0 Å². The first kappa shape index (κ1) is 17.5. The molecule has 7 heteroatoms. The van der Waals surface area contributed by atoms with Crippen molar-refractivity contribution in [3.8, 4) is 0 Å². The maximum Gasteiger partial charge on any atom is 0.323 e. The number of aromatic nitrogens is 4. The third kappa shape index (κ3) is 3.55. The van der Waals surface area contributed by atoms with E-state index in [0.29, 0.717) is 0 Å². The first-order valence-corrected chi connectivity index (χ1v) is 9.11. The number of hydrogen-bond acceptors (Lipinski definition) is 3. The lowest BCUT2D eigenvalue weighted by Gasteiger charge is -2.31. The molecule has 0 radical (unpaired) electrons. The van der Waals surface area contributed by atoms with E-state index < -0.39 is 0 Å². The number of carbonyl (C=O) groups excluding carboxylic acids is 1. The number of aromatic amines is 1. The molecular formula is C18H28N6O. The molecule has 1 fully saturated rings. The van der Waals surface area contributed by atoms with Gasteiger partial charge in [-0.3, -0.25) is 10.4 Å². The quantitative estimate of drug-likeness (QED) is 0.885. The van der Waals surface area contributed by atoms with Crippen LogP contribution >= 0.6 is 0 Å². The first-order chi connectivity index (χ1) is 12.0. The van der Waals surface area contributed by atoms with E-state index in [1.807, 2.05) is 29.5 Å². The van der Waals surface area contributed by atoms with Crippen LogP contribution in [0.5, 0.6) is 0 Å². The Morgan fingerprint density at radius 2 is 2.12 bits per heavy atom. The maximum absolute atomic E-state index is 13.1. The van der Waals surface area contributed by atoms with E-state index in [1.54, 1.807) is 6.20 Å². The van der Waals surface area contributed by atoms with Crippen molar-refractivity contribution in [1.29, 1.82) is 0 Å². The summed E-state index contributed by atoms with van der Waals surface area (Å²) in [5.41, 5.74) is 3.19. The molecule has 2 aromatic heterocycles. The van der Waals surface area contributed by atoms with E-state index >= 15 is 0 Å². The molecule has 1 atom stereocenters. The van der Waals surface area contributed by atoms with Crippen LogP contribution in [0.15, 0.2) is 12.3 Å². The van der Waals surface area contributed by atoms with Gasteiger partial charge in [0.15, 0.2) is 0 Å². The van der Waals surface area contributed by atoms with Gasteiger partial charge >= 0.3 is 6.03 Å². The number of anilines is 1. The standard InChI is InChI=1S/C18H28N6O/c1-12(2)24-16(9-10-19-24)20-18(25)23-11-7-5-6-8-15(23)17-13(3)21-22-14(17)4/h9-10,12,15H,5-8,11H2,1-4H3,(H,20,25)(H,21,22). The summed E-state index contributed by atoms with van der Waals surface area (Å²) in [5.74, 6) is 0.739. The van der Waals surface area contributed by atoms with Crippen molar-refractivity contribution in [3.63, 3.8) is 0 Å². The van der Waals surface area contributed by atoms with Crippen molar-refractivity contribution in [1.82, 2.24) is 24.9 Å². The van der Waals surface area contributed by atoms with E-state index in [9.17, 15) is 4.79 Å². The molecule has 0 aromatic carbocycles. The lowest BCUT2D eigenvalue weighted by molar-refractivity contribution is 0.189. The highest BCUT2D eigenvalue weighted by Gasteiger charge is 2.30. The number of H-pyrrole nitrogens is 1. The third-order valence-electron chi connectivity index (χ3n) is 4.93. The Balaban J connectivity index is 1.86. The van der Waals surface area contributed by atoms with Gasteiger partial charge in [0.2, 0.25) is 0 Å². The minimum Gasteiger partial charge on any atom is -0.317 e. The van der Waals surface area contributed by atoms with Crippen LogP contribution < -0.4 is 5.32 Å². The number of urea groups is 1. The van der Waals surface area contributed by atoms with E-state index in [2.05, 4.69) is 34.5 Å². The third-order valence-corrected chi connectivity index (χ3v) is 4.93. The van der Waals surface area contributed by atoms with Crippen LogP contribution in [0.3, 0.4) is 0 Å². The summed E-state index contributed by atoms with van der Waals surface area (Å²) < 4.78 is 1.83. The Hall–Kier alpha value is -2.31. The average Bonchev–Trinajstić information content (AvgIpc) is 3.07. The smallest absolute Gasteiger partial charge is 0.317 e. The Morgan fingerprint density at radius 3 is 2.80 bits per heavy atom. The minimum atomic E-state index is -0.0608. The van der Waals surface area contributed by atoms with Gasteiger partial charge in [-0.05, 0) is 40.5 Å². The number of likely N-dealkylation sites (tertiary alicyclic amines) is 1. The van der Waals surface area contributed by atoms with Crippen LogP contribution in [0.25, 0.3) is 0 Å². The average molecular weight is 344 g/mol. The zero-order chi connectivity index (χ0) is 18.0. The zero-order valence-corrected chi connectivity index (χ0v) is 15.5. The molecule has 7 nitrogen and oxygen atoms in total. The zero-order valence-electron chi connectivity index (χ0n) is 15.5. The fraction of sp³-hybridized carbons (Fsp3) is 0.611. The number of nitrogens with zero attached hydrogens (tertiary/aromatic N) is 4. The molecule has 3 rings (SSSR count). The summed E-state index contributed by atoms with van der Waals surface area (Å²) in [6.45, 7) is 8.90. The second-order valence-corrected chi connectivity index (χ2v) is 7.09. The molecule has 2 amide bonds. The summed E-state index contributed by atoms with van der Waals surface area (Å²) in [7, 11) is 0. The van der Waals surface area contributed by atoms with Crippen LogP contribution in [-0.4, -0.2) is 37.5 Å². The number of aryl methyl sites for hydroxylation is 2. The SMILES string of the molecule is Cc1n[nH]c(C)c1C1CCCCCN1C(=O)Nc1ccnn1C(C)C. The van der Waals surface area contributed by atoms with Crippen molar-refractivity contribution in [2.75, 3.05) is 11.9 Å². The van der Waals surface area contributed by atoms with Crippen molar-refractivity contribution in [2.45, 2.75) is 65.5 Å². The molecule has 3 heterocycles. The van der Waals surface area contributed by atoms with Crippen LogP contribution in [0.4, 0.5) is 10.6 Å². The molecular weight excluding hydrogens is 316 g/mol. The highest BCUT2D eigenvalue weighted by atomic mass is 16.2. The summed E-state index contributed by atoms with van der Waals surface area (Å²) in [5, 5.41) is 14.7. The fourth-order valence-corrected chi connectivity index (χ4v) is 3.71. The Bertz CT molecular complexity index is 712. The van der Waals surface area contributed by atoms with Crippen LogP contribution in [0, 0.1) is 13.8 Å². The Morgan fingerprint density at radius 1 is 1.32 bits per heavy atom. The topological polar surface area (TPSA) is 78.8 Å². The molecule has 25 heavy (non-hydrogen) atoms. The van der Waals surface area contributed by atoms with E-state index in [0.717, 1.165) is 55.0 Å². The lowest BCUT2D eigenvalue weighted by Crippen LogP contribution is -2.39. The first-order valence-electron chi connectivity index (χ1n) is 9.11. The highest BCUT2D eigenvalue weighted by molar-refractivity contribution is 5.88. The molecule has 0 saturated carbocycles. The Labute approximate surface area is 148 Å². The normalized spacial score (nSPS) is 18.4. The lowest BCUT2D eigenvalue weighted by atomic mass is 9.99. The van der Waals surface area contributed by atoms with Crippen molar-refractivity contribution < 1.29 is 4.79 Å². The van der Waals surface area contributed by atoms with Gasteiger partial charge in [-0.25, -0.2) is 9.48 Å². The number of amides is 2. The second kappa shape index (κ2) is 7.29. The highest BCUT2D eigenvalue weighted by Crippen LogP contribution is 2.33. The fourth-order valence-electron chi connectivity index (χ4n) is 3.71. The summed E-state index contributed by atoms with van der Waals surface area (Å²) in [6, 6.07) is 2.05. The summed E-state index contributed by atoms with van der Waals surface area (Å²) >= 11 is 0. The van der Waals surface area contributed by atoms with Gasteiger partial charge in [-0.2, -0.15) is 10.2 Å². The molecule has 136 valence electrons. The number of nitrogens with one attached hydrogen (secondary N) is 2. The van der Waals surface area contributed by atoms with E-state index in [4.69, 9.17) is 0 Å². The molecule has 0 spiro atoms. The molecule has 0 bridgehead atoms. The summed E-state index contributed by atoms with van der Waals surface area (Å²) in [4.78, 5) is 15.0. The number of rotatable bonds is 3. The molecule has 1 aliphatic rings. The maximum atomic E-state index is 13.1. The molecule has 1 aliphatic heterocycles. The molecule has 1 unspecified atom stereocenters. The number of hydrogen-bond donors (Lipinski definition) is 2.